The molecule has 0 fully saturated rings. The first-order valence-corrected chi connectivity index (χ1v) is 3.47. The summed E-state index contributed by atoms with van der Waals surface area (Å²) in [7, 11) is 0. The Hall–Kier alpha value is -0.390. The third-order valence-electron chi connectivity index (χ3n) is 1.27. The smallest absolute Gasteiger partial charge is 0.540 e. The van der Waals surface area contributed by atoms with Gasteiger partial charge in [0.1, 0.15) is 5.97 Å². The van der Waals surface area contributed by atoms with Gasteiger partial charge in [-0.05, 0) is 0 Å². The molecule has 0 unspecified atom stereocenters. The third-order valence-corrected chi connectivity index (χ3v) is 1.27. The Kier molecular flexibility index (Phi) is 4.09. The van der Waals surface area contributed by atoms with Gasteiger partial charge >= 0.3 is 29.6 Å². The number of carbonyl (C=O) groups is 1. The number of carbonyl (C=O) groups excluding carboxylic acids is 1. The van der Waals surface area contributed by atoms with Crippen LogP contribution in [0.2, 0.25) is 0 Å². The molecule has 1 aromatic heterocycles. The Balaban J connectivity index is 0.00000144. The molecule has 0 radical (unpaired) electrons. The Morgan fingerprint density at radius 2 is 2.00 bits per heavy atom. The molecule has 66 valence electrons. The number of carboxylic acids is 1. The molecule has 5 nitrogen and oxygen atoms in total. The minimum atomic E-state index is -1.45. The van der Waals surface area contributed by atoms with E-state index in [-0.39, 0.29) is 35.0 Å². The predicted molar refractivity (Wildman–Crippen MR) is 37.3 cm³/mol. The van der Waals surface area contributed by atoms with E-state index in [0.29, 0.717) is 5.82 Å². The summed E-state index contributed by atoms with van der Waals surface area (Å²) in [5.41, 5.74) is -0.308. The molecule has 0 aliphatic carbocycles. The van der Waals surface area contributed by atoms with Crippen LogP contribution >= 0.6 is 0 Å². The first-order valence-electron chi connectivity index (χ1n) is 3.47. The number of aromatic carboxylic acids is 1. The average molecular weight is 192 g/mol. The topological polar surface area (TPSA) is 79.0 Å². The van der Waals surface area contributed by atoms with Gasteiger partial charge in [-0.2, -0.15) is 4.98 Å². The van der Waals surface area contributed by atoms with Gasteiger partial charge in [0.2, 0.25) is 0 Å². The molecule has 1 aromatic rings. The minimum absolute atomic E-state index is 0. The zero-order valence-corrected chi connectivity index (χ0v) is 10.1. The number of carboxylic acid groups (broad SMARTS) is 1. The van der Waals surface area contributed by atoms with Crippen molar-refractivity contribution in [3.63, 3.8) is 0 Å². The van der Waals surface area contributed by atoms with E-state index in [1.165, 1.54) is 0 Å². The molecule has 1 heterocycles. The third kappa shape index (κ3) is 3.10. The van der Waals surface area contributed by atoms with Crippen molar-refractivity contribution in [2.75, 3.05) is 0 Å². The maximum Gasteiger partial charge on any atom is 1.00 e. The van der Waals surface area contributed by atoms with E-state index in [1.54, 1.807) is 0 Å². The molecular weight excluding hydrogens is 183 g/mol. The summed E-state index contributed by atoms with van der Waals surface area (Å²) in [5.74, 6) is -1.56. The molecule has 6 heteroatoms. The molecule has 0 amide bonds. The van der Waals surface area contributed by atoms with E-state index in [2.05, 4.69) is 14.7 Å². The van der Waals surface area contributed by atoms with Crippen LogP contribution in [0.3, 0.4) is 0 Å². The summed E-state index contributed by atoms with van der Waals surface area (Å²) in [6.07, 6.45) is 0. The molecular formula is C7H9N2NaO3. The Morgan fingerprint density at radius 1 is 1.46 bits per heavy atom. The second-order valence-electron chi connectivity index (χ2n) is 3.46. The SMILES string of the molecule is CC(C)(C)c1noc(C(=O)[O-])n1.[Na+]. The summed E-state index contributed by atoms with van der Waals surface area (Å²) in [6, 6.07) is 0. The van der Waals surface area contributed by atoms with E-state index in [1.807, 2.05) is 20.8 Å². The molecule has 0 aromatic carbocycles. The fraction of sp³-hybridized carbons (Fsp3) is 0.571. The number of rotatable bonds is 1. The van der Waals surface area contributed by atoms with Crippen molar-refractivity contribution in [3.05, 3.63) is 11.7 Å². The van der Waals surface area contributed by atoms with Gasteiger partial charge < -0.3 is 14.4 Å². The molecule has 0 spiro atoms. The normalized spacial score (nSPS) is 10.7. The number of aromatic nitrogens is 2. The van der Waals surface area contributed by atoms with Crippen LogP contribution in [0.5, 0.6) is 0 Å². The summed E-state index contributed by atoms with van der Waals surface area (Å²) in [5, 5.41) is 13.7. The van der Waals surface area contributed by atoms with Crippen molar-refractivity contribution in [2.45, 2.75) is 26.2 Å². The van der Waals surface area contributed by atoms with Crippen molar-refractivity contribution in [1.29, 1.82) is 0 Å². The van der Waals surface area contributed by atoms with Gasteiger partial charge in [0.05, 0.1) is 0 Å². The predicted octanol–water partition coefficient (Wildman–Crippen LogP) is -3.27. The van der Waals surface area contributed by atoms with Crippen LogP contribution in [0.25, 0.3) is 0 Å². The average Bonchev–Trinajstić information content (AvgIpc) is 2.30. The second kappa shape index (κ2) is 4.21. The van der Waals surface area contributed by atoms with Crippen LogP contribution in [0, 0.1) is 0 Å². The fourth-order valence-corrected chi connectivity index (χ4v) is 0.611. The number of nitrogens with zero attached hydrogens (tertiary/aromatic N) is 2. The molecule has 0 atom stereocenters. The Labute approximate surface area is 97.8 Å². The van der Waals surface area contributed by atoms with Crippen LogP contribution in [-0.4, -0.2) is 16.1 Å². The number of hydrogen-bond donors (Lipinski definition) is 0. The zero-order chi connectivity index (χ0) is 9.35. The van der Waals surface area contributed by atoms with Crippen LogP contribution in [-0.2, 0) is 5.41 Å². The van der Waals surface area contributed by atoms with Crippen LogP contribution in [0.4, 0.5) is 0 Å². The molecule has 0 saturated carbocycles. The van der Waals surface area contributed by atoms with Crippen molar-refractivity contribution >= 4 is 5.97 Å². The van der Waals surface area contributed by atoms with E-state index in [0.717, 1.165) is 0 Å². The summed E-state index contributed by atoms with van der Waals surface area (Å²) in [6.45, 7) is 5.57. The number of hydrogen-bond acceptors (Lipinski definition) is 5. The maximum absolute atomic E-state index is 10.2. The quantitative estimate of drug-likeness (QED) is 0.436. The summed E-state index contributed by atoms with van der Waals surface area (Å²) >= 11 is 0. The molecule has 0 N–H and O–H groups in total. The second-order valence-corrected chi connectivity index (χ2v) is 3.46. The largest absolute Gasteiger partial charge is 1.00 e. The van der Waals surface area contributed by atoms with Crippen molar-refractivity contribution < 1.29 is 44.0 Å². The van der Waals surface area contributed by atoms with Gasteiger partial charge in [0.15, 0.2) is 5.82 Å². The van der Waals surface area contributed by atoms with Crippen LogP contribution < -0.4 is 34.7 Å². The van der Waals surface area contributed by atoms with Gasteiger partial charge in [-0.25, -0.2) is 0 Å². The van der Waals surface area contributed by atoms with Gasteiger partial charge in [-0.1, -0.05) is 25.9 Å². The summed E-state index contributed by atoms with van der Waals surface area (Å²) < 4.78 is 4.43. The standard InChI is InChI=1S/C7H10N2O3.Na/c1-7(2,3)6-8-4(5(10)11)12-9-6;/h1-3H3,(H,10,11);/q;+1/p-1. The first kappa shape index (κ1) is 12.6. The van der Waals surface area contributed by atoms with E-state index >= 15 is 0 Å². The zero-order valence-electron chi connectivity index (χ0n) is 8.12. The molecule has 0 aliphatic heterocycles. The fourth-order valence-electron chi connectivity index (χ4n) is 0.611. The van der Waals surface area contributed by atoms with Gasteiger partial charge in [-0.3, -0.25) is 0 Å². The Morgan fingerprint density at radius 3 is 2.23 bits per heavy atom. The van der Waals surface area contributed by atoms with Gasteiger partial charge in [0.25, 0.3) is 5.89 Å². The first-order chi connectivity index (χ1) is 5.41. The molecule has 1 rings (SSSR count). The molecule has 0 aliphatic rings. The monoisotopic (exact) mass is 192 g/mol. The van der Waals surface area contributed by atoms with Gasteiger partial charge in [-0.15, -0.1) is 0 Å². The molecule has 13 heavy (non-hydrogen) atoms. The van der Waals surface area contributed by atoms with Crippen LogP contribution in [0.1, 0.15) is 37.3 Å². The Bertz CT molecular complexity index is 303. The maximum atomic E-state index is 10.2. The van der Waals surface area contributed by atoms with Crippen LogP contribution in [0.15, 0.2) is 4.52 Å². The van der Waals surface area contributed by atoms with Crippen molar-refractivity contribution in [1.82, 2.24) is 10.1 Å². The van der Waals surface area contributed by atoms with E-state index in [4.69, 9.17) is 0 Å². The van der Waals surface area contributed by atoms with Crippen molar-refractivity contribution in [2.24, 2.45) is 0 Å². The molecule has 0 bridgehead atoms. The summed E-state index contributed by atoms with van der Waals surface area (Å²) in [4.78, 5) is 13.9. The van der Waals surface area contributed by atoms with Crippen molar-refractivity contribution in [3.8, 4) is 0 Å². The van der Waals surface area contributed by atoms with Gasteiger partial charge in [0, 0.05) is 5.41 Å². The molecule has 0 saturated heterocycles. The minimum Gasteiger partial charge on any atom is -0.540 e. The van der Waals surface area contributed by atoms with E-state index < -0.39 is 11.9 Å². The van der Waals surface area contributed by atoms with E-state index in [9.17, 15) is 9.90 Å².